The molecular formula is C13H17N3O2S. The average Bonchev–Trinajstić information content (AvgIpc) is 3.03. The fraction of sp³-hybridized carbons (Fsp3) is 0.385. The lowest BCUT2D eigenvalue weighted by Crippen LogP contribution is -2.33. The van der Waals surface area contributed by atoms with Gasteiger partial charge in [-0.05, 0) is 26.1 Å². The van der Waals surface area contributed by atoms with E-state index in [4.69, 9.17) is 4.42 Å². The number of nitrogens with one attached hydrogen (secondary N) is 1. The number of carbonyl (C=O) groups excluding carboxylic acids is 1. The van der Waals surface area contributed by atoms with E-state index in [2.05, 4.69) is 10.3 Å². The second-order valence-electron chi connectivity index (χ2n) is 4.23. The van der Waals surface area contributed by atoms with E-state index in [1.165, 1.54) is 11.3 Å². The molecule has 6 heteroatoms. The van der Waals surface area contributed by atoms with Crippen molar-refractivity contribution < 1.29 is 9.21 Å². The van der Waals surface area contributed by atoms with Gasteiger partial charge in [0.1, 0.15) is 5.69 Å². The van der Waals surface area contributed by atoms with Gasteiger partial charge in [0, 0.05) is 25.0 Å². The van der Waals surface area contributed by atoms with Crippen LogP contribution in [0.4, 0.5) is 0 Å². The Bertz CT molecular complexity index is 548. The predicted molar refractivity (Wildman–Crippen MR) is 75.4 cm³/mol. The molecule has 2 aromatic rings. The Labute approximate surface area is 116 Å². The maximum Gasteiger partial charge on any atom is 0.273 e. The molecule has 102 valence electrons. The number of furan rings is 1. The Hall–Kier alpha value is -1.66. The van der Waals surface area contributed by atoms with Gasteiger partial charge in [0.25, 0.3) is 5.91 Å². The molecule has 5 nitrogen and oxygen atoms in total. The second-order valence-corrected chi connectivity index (χ2v) is 5.43. The Morgan fingerprint density at radius 3 is 3.00 bits per heavy atom. The number of hydrogen-bond donors (Lipinski definition) is 1. The van der Waals surface area contributed by atoms with Crippen LogP contribution < -0.4 is 5.32 Å². The number of amides is 1. The van der Waals surface area contributed by atoms with Gasteiger partial charge in [-0.15, -0.1) is 11.3 Å². The van der Waals surface area contributed by atoms with Crippen molar-refractivity contribution in [3.8, 4) is 10.8 Å². The van der Waals surface area contributed by atoms with Gasteiger partial charge in [0.2, 0.25) is 0 Å². The molecule has 2 aromatic heterocycles. The van der Waals surface area contributed by atoms with E-state index in [0.717, 1.165) is 16.4 Å². The van der Waals surface area contributed by atoms with Gasteiger partial charge >= 0.3 is 0 Å². The third kappa shape index (κ3) is 3.02. The molecule has 0 saturated carbocycles. The Balaban J connectivity index is 2.19. The fourth-order valence-corrected chi connectivity index (χ4v) is 2.54. The molecular weight excluding hydrogens is 262 g/mol. The Kier molecular flexibility index (Phi) is 4.34. The van der Waals surface area contributed by atoms with Crippen LogP contribution in [0.15, 0.2) is 22.8 Å². The minimum Gasteiger partial charge on any atom is -0.462 e. The highest BCUT2D eigenvalue weighted by Gasteiger charge is 2.20. The van der Waals surface area contributed by atoms with Crippen LogP contribution in [-0.2, 0) is 0 Å². The minimum absolute atomic E-state index is 0.0539. The maximum absolute atomic E-state index is 12.3. The number of carbonyl (C=O) groups is 1. The lowest BCUT2D eigenvalue weighted by molar-refractivity contribution is 0.0791. The van der Waals surface area contributed by atoms with Crippen LogP contribution in [-0.4, -0.2) is 43.0 Å². The fourth-order valence-electron chi connectivity index (χ4n) is 1.66. The van der Waals surface area contributed by atoms with E-state index in [1.807, 2.05) is 26.1 Å². The van der Waals surface area contributed by atoms with Crippen molar-refractivity contribution in [2.24, 2.45) is 0 Å². The van der Waals surface area contributed by atoms with Crippen molar-refractivity contribution in [1.29, 1.82) is 0 Å². The van der Waals surface area contributed by atoms with Crippen molar-refractivity contribution in [1.82, 2.24) is 15.2 Å². The number of nitrogens with zero attached hydrogens (tertiary/aromatic N) is 2. The van der Waals surface area contributed by atoms with Crippen molar-refractivity contribution in [2.45, 2.75) is 6.92 Å². The summed E-state index contributed by atoms with van der Waals surface area (Å²) in [5.41, 5.74) is 0.509. The van der Waals surface area contributed by atoms with Crippen LogP contribution in [0.3, 0.4) is 0 Å². The van der Waals surface area contributed by atoms with E-state index in [9.17, 15) is 4.79 Å². The van der Waals surface area contributed by atoms with Crippen LogP contribution in [0.5, 0.6) is 0 Å². The summed E-state index contributed by atoms with van der Waals surface area (Å²) in [5, 5.41) is 3.76. The molecule has 0 aliphatic carbocycles. The van der Waals surface area contributed by atoms with E-state index < -0.39 is 0 Å². The van der Waals surface area contributed by atoms with Gasteiger partial charge in [-0.3, -0.25) is 4.79 Å². The van der Waals surface area contributed by atoms with Gasteiger partial charge in [0.05, 0.1) is 6.26 Å². The van der Waals surface area contributed by atoms with Gasteiger partial charge in [-0.25, -0.2) is 4.98 Å². The maximum atomic E-state index is 12.3. The molecule has 0 spiro atoms. The Morgan fingerprint density at radius 2 is 2.37 bits per heavy atom. The van der Waals surface area contributed by atoms with Crippen molar-refractivity contribution >= 4 is 17.2 Å². The zero-order valence-electron chi connectivity index (χ0n) is 11.3. The highest BCUT2D eigenvalue weighted by Crippen LogP contribution is 2.28. The summed E-state index contributed by atoms with van der Waals surface area (Å²) in [4.78, 5) is 19.2. The molecule has 0 fully saturated rings. The smallest absolute Gasteiger partial charge is 0.273 e. The molecule has 1 amide bonds. The summed E-state index contributed by atoms with van der Waals surface area (Å²) in [5.74, 6) is 0.645. The lowest BCUT2D eigenvalue weighted by atomic mass is 10.3. The zero-order chi connectivity index (χ0) is 13.8. The number of thiazole rings is 1. The second kappa shape index (κ2) is 5.99. The molecule has 2 rings (SSSR count). The van der Waals surface area contributed by atoms with E-state index in [-0.39, 0.29) is 5.91 Å². The third-order valence-electron chi connectivity index (χ3n) is 2.78. The lowest BCUT2D eigenvalue weighted by Gasteiger charge is -2.15. The molecule has 0 saturated heterocycles. The van der Waals surface area contributed by atoms with Crippen molar-refractivity contribution in [3.63, 3.8) is 0 Å². The topological polar surface area (TPSA) is 58.4 Å². The first kappa shape index (κ1) is 13.8. The number of aromatic nitrogens is 1. The standard InChI is InChI=1S/C13H17N3O2S/c1-9-11(13(17)16(3)7-6-14-2)15-12(19-9)10-5-4-8-18-10/h4-5,8,14H,6-7H2,1-3H3. The SMILES string of the molecule is CNCCN(C)C(=O)c1nc(-c2ccco2)sc1C. The first-order chi connectivity index (χ1) is 9.13. The molecule has 1 N–H and O–H groups in total. The molecule has 19 heavy (non-hydrogen) atoms. The largest absolute Gasteiger partial charge is 0.462 e. The summed E-state index contributed by atoms with van der Waals surface area (Å²) in [6.07, 6.45) is 1.60. The molecule has 2 heterocycles. The van der Waals surface area contributed by atoms with Gasteiger partial charge in [0.15, 0.2) is 10.8 Å². The predicted octanol–water partition coefficient (Wildman–Crippen LogP) is 2.00. The molecule has 0 aliphatic heterocycles. The summed E-state index contributed by atoms with van der Waals surface area (Å²) < 4.78 is 5.31. The van der Waals surface area contributed by atoms with E-state index in [1.54, 1.807) is 18.2 Å². The number of likely N-dealkylation sites (N-methyl/N-ethyl adjacent to an activating group) is 2. The first-order valence-electron chi connectivity index (χ1n) is 6.05. The third-order valence-corrected chi connectivity index (χ3v) is 3.76. The van der Waals surface area contributed by atoms with E-state index in [0.29, 0.717) is 18.0 Å². The molecule has 0 aromatic carbocycles. The van der Waals surface area contributed by atoms with Crippen LogP contribution >= 0.6 is 11.3 Å². The monoisotopic (exact) mass is 279 g/mol. The Morgan fingerprint density at radius 1 is 1.58 bits per heavy atom. The van der Waals surface area contributed by atoms with Gasteiger partial charge in [-0.1, -0.05) is 0 Å². The van der Waals surface area contributed by atoms with Crippen LogP contribution in [0.25, 0.3) is 10.8 Å². The quantitative estimate of drug-likeness (QED) is 0.909. The number of rotatable bonds is 5. The first-order valence-corrected chi connectivity index (χ1v) is 6.86. The summed E-state index contributed by atoms with van der Waals surface area (Å²) in [6.45, 7) is 3.32. The normalized spacial score (nSPS) is 10.7. The van der Waals surface area contributed by atoms with Gasteiger partial charge in [-0.2, -0.15) is 0 Å². The molecule has 0 radical (unpaired) electrons. The summed E-state index contributed by atoms with van der Waals surface area (Å²) in [7, 11) is 3.65. The zero-order valence-corrected chi connectivity index (χ0v) is 12.1. The van der Waals surface area contributed by atoms with Gasteiger partial charge < -0.3 is 14.6 Å². The van der Waals surface area contributed by atoms with Crippen molar-refractivity contribution in [3.05, 3.63) is 29.0 Å². The molecule has 0 aliphatic rings. The van der Waals surface area contributed by atoms with Crippen LogP contribution in [0, 0.1) is 6.92 Å². The highest BCUT2D eigenvalue weighted by atomic mass is 32.1. The number of aryl methyl sites for hydroxylation is 1. The average molecular weight is 279 g/mol. The summed E-state index contributed by atoms with van der Waals surface area (Å²) >= 11 is 1.47. The highest BCUT2D eigenvalue weighted by molar-refractivity contribution is 7.15. The van der Waals surface area contributed by atoms with Crippen LogP contribution in [0.1, 0.15) is 15.4 Å². The summed E-state index contributed by atoms with van der Waals surface area (Å²) in [6, 6.07) is 3.66. The molecule has 0 unspecified atom stereocenters. The molecule has 0 bridgehead atoms. The minimum atomic E-state index is -0.0539. The number of hydrogen-bond acceptors (Lipinski definition) is 5. The molecule has 0 atom stereocenters. The van der Waals surface area contributed by atoms with Crippen molar-refractivity contribution in [2.75, 3.05) is 27.2 Å². The van der Waals surface area contributed by atoms with E-state index >= 15 is 0 Å². The van der Waals surface area contributed by atoms with Crippen LogP contribution in [0.2, 0.25) is 0 Å².